The third-order valence-electron chi connectivity index (χ3n) is 1.79. The molecule has 0 saturated heterocycles. The zero-order valence-electron chi connectivity index (χ0n) is 8.38. The van der Waals surface area contributed by atoms with Gasteiger partial charge < -0.3 is 11.5 Å². The van der Waals surface area contributed by atoms with Crippen LogP contribution in [0.2, 0.25) is 5.15 Å². The highest BCUT2D eigenvalue weighted by Gasteiger charge is 2.10. The number of nitrogens with zero attached hydrogens (tertiary/aromatic N) is 4. The summed E-state index contributed by atoms with van der Waals surface area (Å²) in [6.45, 7) is 1.99. The van der Waals surface area contributed by atoms with E-state index in [1.54, 1.807) is 11.3 Å². The van der Waals surface area contributed by atoms with Gasteiger partial charge in [0.1, 0.15) is 5.69 Å². The molecule has 4 N–H and O–H groups in total. The summed E-state index contributed by atoms with van der Waals surface area (Å²) >= 11 is 7.50. The second-order valence-corrected chi connectivity index (χ2v) is 4.62. The highest BCUT2D eigenvalue weighted by molar-refractivity contribution is 7.17. The summed E-state index contributed by atoms with van der Waals surface area (Å²) in [5, 5.41) is 7.58. The number of nitrogens with two attached hydrogens (primary N) is 2. The van der Waals surface area contributed by atoms with Gasteiger partial charge in [0.2, 0.25) is 5.96 Å². The summed E-state index contributed by atoms with van der Waals surface area (Å²) < 4.78 is 1.84. The molecule has 0 unspecified atom stereocenters. The summed E-state index contributed by atoms with van der Waals surface area (Å²) in [4.78, 5) is 6.12. The smallest absolute Gasteiger partial charge is 0.211 e. The van der Waals surface area contributed by atoms with Crippen molar-refractivity contribution in [2.75, 3.05) is 0 Å². The van der Waals surface area contributed by atoms with E-state index in [0.717, 1.165) is 9.84 Å². The molecule has 0 bridgehead atoms. The van der Waals surface area contributed by atoms with Crippen LogP contribution in [0.15, 0.2) is 16.4 Å². The van der Waals surface area contributed by atoms with E-state index < -0.39 is 0 Å². The van der Waals surface area contributed by atoms with Crippen LogP contribution in [0.1, 0.15) is 10.6 Å². The lowest BCUT2D eigenvalue weighted by Crippen LogP contribution is -2.21. The molecule has 2 rings (SSSR count). The molecule has 2 aromatic heterocycles. The Balaban J connectivity index is 2.46. The van der Waals surface area contributed by atoms with Gasteiger partial charge in [0.15, 0.2) is 10.1 Å². The number of rotatable bonds is 2. The number of fused-ring (bicyclic) bond motifs is 1. The van der Waals surface area contributed by atoms with Crippen LogP contribution in [0, 0.1) is 6.92 Å². The van der Waals surface area contributed by atoms with E-state index in [9.17, 15) is 0 Å². The van der Waals surface area contributed by atoms with Crippen LogP contribution >= 0.6 is 22.9 Å². The molecule has 0 spiro atoms. The molecular weight excluding hydrogens is 248 g/mol. The van der Waals surface area contributed by atoms with Gasteiger partial charge in [0.25, 0.3) is 0 Å². The van der Waals surface area contributed by atoms with Crippen molar-refractivity contribution >= 4 is 40.1 Å². The van der Waals surface area contributed by atoms with Gasteiger partial charge in [-0.05, 0) is 6.92 Å². The largest absolute Gasteiger partial charge is 0.369 e. The summed E-state index contributed by atoms with van der Waals surface area (Å²) in [5.74, 6) is -0.102. The number of hydrogen-bond donors (Lipinski definition) is 2. The third kappa shape index (κ3) is 2.00. The van der Waals surface area contributed by atoms with E-state index >= 15 is 0 Å². The Morgan fingerprint density at radius 3 is 3.06 bits per heavy atom. The number of thiazole rings is 1. The zero-order valence-corrected chi connectivity index (χ0v) is 9.96. The van der Waals surface area contributed by atoms with Crippen molar-refractivity contribution < 1.29 is 0 Å². The Morgan fingerprint density at radius 1 is 1.62 bits per heavy atom. The highest BCUT2D eigenvalue weighted by Crippen LogP contribution is 2.22. The normalized spacial score (nSPS) is 11.4. The van der Waals surface area contributed by atoms with Crippen molar-refractivity contribution in [3.63, 3.8) is 0 Å². The van der Waals surface area contributed by atoms with E-state index in [-0.39, 0.29) is 5.96 Å². The maximum Gasteiger partial charge on any atom is 0.211 e. The summed E-state index contributed by atoms with van der Waals surface area (Å²) in [5.41, 5.74) is 11.0. The topological polar surface area (TPSA) is 94.1 Å². The fourth-order valence-electron chi connectivity index (χ4n) is 1.21. The third-order valence-corrected chi connectivity index (χ3v) is 2.96. The first-order chi connectivity index (χ1) is 7.58. The highest BCUT2D eigenvalue weighted by atomic mass is 35.5. The van der Waals surface area contributed by atoms with Gasteiger partial charge in [-0.2, -0.15) is 5.10 Å². The molecule has 0 saturated carbocycles. The van der Waals surface area contributed by atoms with Crippen molar-refractivity contribution in [1.29, 1.82) is 0 Å². The number of hydrogen-bond acceptors (Lipinski definition) is 4. The van der Waals surface area contributed by atoms with Gasteiger partial charge in [-0.15, -0.1) is 16.4 Å². The van der Waals surface area contributed by atoms with Crippen LogP contribution in [0.3, 0.4) is 0 Å². The van der Waals surface area contributed by atoms with Crippen LogP contribution < -0.4 is 11.5 Å². The van der Waals surface area contributed by atoms with Crippen LogP contribution in [-0.4, -0.2) is 21.6 Å². The van der Waals surface area contributed by atoms with Crippen LogP contribution in [0.5, 0.6) is 0 Å². The quantitative estimate of drug-likeness (QED) is 0.476. The average molecular weight is 257 g/mol. The van der Waals surface area contributed by atoms with Gasteiger partial charge >= 0.3 is 0 Å². The summed E-state index contributed by atoms with van der Waals surface area (Å²) in [7, 11) is 0. The molecule has 8 heteroatoms. The molecule has 84 valence electrons. The van der Waals surface area contributed by atoms with Gasteiger partial charge in [-0.3, -0.25) is 4.40 Å². The number of halogens is 1. The second-order valence-electron chi connectivity index (χ2n) is 3.05. The predicted octanol–water partition coefficient (Wildman–Crippen LogP) is 0.965. The van der Waals surface area contributed by atoms with E-state index in [4.69, 9.17) is 23.1 Å². The van der Waals surface area contributed by atoms with Crippen LogP contribution in [0.25, 0.3) is 4.96 Å². The SMILES string of the molecule is Cc1cn2c(/C=N/N=C(N)N)c(Cl)nc2s1. The Kier molecular flexibility index (Phi) is 2.80. The molecule has 0 aliphatic rings. The molecule has 0 atom stereocenters. The van der Waals surface area contributed by atoms with Gasteiger partial charge in [-0.25, -0.2) is 4.98 Å². The fourth-order valence-corrected chi connectivity index (χ4v) is 2.31. The lowest BCUT2D eigenvalue weighted by molar-refractivity contribution is 1.17. The maximum atomic E-state index is 5.95. The molecule has 16 heavy (non-hydrogen) atoms. The van der Waals surface area contributed by atoms with Gasteiger partial charge in [0.05, 0.1) is 6.21 Å². The minimum Gasteiger partial charge on any atom is -0.369 e. The summed E-state index contributed by atoms with van der Waals surface area (Å²) in [6.07, 6.45) is 3.39. The minimum absolute atomic E-state index is 0.102. The molecule has 2 heterocycles. The van der Waals surface area contributed by atoms with E-state index in [2.05, 4.69) is 15.2 Å². The Morgan fingerprint density at radius 2 is 2.38 bits per heavy atom. The van der Waals surface area contributed by atoms with E-state index in [1.165, 1.54) is 6.21 Å². The molecule has 0 radical (unpaired) electrons. The predicted molar refractivity (Wildman–Crippen MR) is 66.2 cm³/mol. The fraction of sp³-hybridized carbons (Fsp3) is 0.125. The molecule has 0 aliphatic heterocycles. The maximum absolute atomic E-state index is 5.95. The molecule has 0 aromatic carbocycles. The van der Waals surface area contributed by atoms with E-state index in [0.29, 0.717) is 10.8 Å². The number of guanidine groups is 1. The zero-order chi connectivity index (χ0) is 11.7. The molecule has 2 aromatic rings. The molecular formula is C8H9ClN6S. The first-order valence-electron chi connectivity index (χ1n) is 4.34. The number of aryl methyl sites for hydroxylation is 1. The number of imidazole rings is 1. The second kappa shape index (κ2) is 4.11. The monoisotopic (exact) mass is 256 g/mol. The Labute approximate surface area is 100 Å². The van der Waals surface area contributed by atoms with Crippen molar-refractivity contribution in [2.24, 2.45) is 21.7 Å². The van der Waals surface area contributed by atoms with Crippen LogP contribution in [-0.2, 0) is 0 Å². The van der Waals surface area contributed by atoms with Gasteiger partial charge in [-0.1, -0.05) is 11.6 Å². The lowest BCUT2D eigenvalue weighted by Gasteiger charge is -1.89. The summed E-state index contributed by atoms with van der Waals surface area (Å²) in [6, 6.07) is 0. The van der Waals surface area contributed by atoms with Crippen molar-refractivity contribution in [3.05, 3.63) is 21.9 Å². The average Bonchev–Trinajstić information content (AvgIpc) is 2.64. The first kappa shape index (κ1) is 10.9. The standard InChI is InChI=1S/C8H9ClN6S/c1-4-3-15-5(2-12-14-7(10)11)6(9)13-8(15)16-4/h2-3H,1H3,(H4,10,11,14)/b12-2+. The van der Waals surface area contributed by atoms with Crippen molar-refractivity contribution in [1.82, 2.24) is 9.38 Å². The Hall–Kier alpha value is -1.60. The number of aromatic nitrogens is 2. The van der Waals surface area contributed by atoms with Crippen molar-refractivity contribution in [3.8, 4) is 0 Å². The first-order valence-corrected chi connectivity index (χ1v) is 5.53. The molecule has 0 fully saturated rings. The van der Waals surface area contributed by atoms with Gasteiger partial charge in [0, 0.05) is 11.1 Å². The van der Waals surface area contributed by atoms with Crippen molar-refractivity contribution in [2.45, 2.75) is 6.92 Å². The molecule has 0 aliphatic carbocycles. The molecule has 0 amide bonds. The van der Waals surface area contributed by atoms with E-state index in [1.807, 2.05) is 17.5 Å². The van der Waals surface area contributed by atoms with Crippen LogP contribution in [0.4, 0.5) is 0 Å². The Bertz CT molecular complexity index is 577. The molecule has 6 nitrogen and oxygen atoms in total. The minimum atomic E-state index is -0.102. The lowest BCUT2D eigenvalue weighted by atomic mass is 10.5.